The zero-order valence-corrected chi connectivity index (χ0v) is 10.3. The molecule has 0 amide bonds. The van der Waals surface area contributed by atoms with Crippen molar-refractivity contribution in [1.29, 1.82) is 0 Å². The molecule has 0 spiro atoms. The van der Waals surface area contributed by atoms with Gasteiger partial charge in [-0.05, 0) is 31.5 Å². The molecule has 84 valence electrons. The van der Waals surface area contributed by atoms with Gasteiger partial charge in [0, 0.05) is 27.2 Å². The number of hydrogen-bond donors (Lipinski definition) is 1. The van der Waals surface area contributed by atoms with E-state index < -0.39 is 6.10 Å². The predicted octanol–water partition coefficient (Wildman–Crippen LogP) is 3.10. The first kappa shape index (κ1) is 11.3. The van der Waals surface area contributed by atoms with Crippen molar-refractivity contribution in [3.63, 3.8) is 0 Å². The van der Waals surface area contributed by atoms with Crippen molar-refractivity contribution in [1.82, 2.24) is 4.98 Å². The topological polar surface area (TPSA) is 33.1 Å². The highest BCUT2D eigenvalue weighted by Crippen LogP contribution is 2.28. The Morgan fingerprint density at radius 3 is 2.69 bits per heavy atom. The van der Waals surface area contributed by atoms with Gasteiger partial charge in [-0.25, -0.2) is 0 Å². The van der Waals surface area contributed by atoms with Crippen LogP contribution in [0.15, 0.2) is 30.5 Å². The van der Waals surface area contributed by atoms with Gasteiger partial charge >= 0.3 is 0 Å². The van der Waals surface area contributed by atoms with Crippen LogP contribution >= 0.6 is 11.3 Å². The molecule has 1 atom stereocenters. The summed E-state index contributed by atoms with van der Waals surface area (Å²) in [4.78, 5) is 6.49. The van der Waals surface area contributed by atoms with Gasteiger partial charge in [0.05, 0.1) is 0 Å². The van der Waals surface area contributed by atoms with Crippen LogP contribution in [0.4, 0.5) is 0 Å². The third-order valence-corrected chi connectivity index (χ3v) is 3.83. The fourth-order valence-corrected chi connectivity index (χ4v) is 2.50. The summed E-state index contributed by atoms with van der Waals surface area (Å²) in [5.74, 6) is 0. The zero-order chi connectivity index (χ0) is 11.5. The van der Waals surface area contributed by atoms with Gasteiger partial charge in [0.1, 0.15) is 6.10 Å². The summed E-state index contributed by atoms with van der Waals surface area (Å²) in [7, 11) is 0. The number of aryl methyl sites for hydroxylation is 2. The van der Waals surface area contributed by atoms with Crippen LogP contribution in [0.2, 0.25) is 0 Å². The number of nitrogens with zero attached hydrogens (tertiary/aromatic N) is 1. The van der Waals surface area contributed by atoms with Crippen molar-refractivity contribution in [2.45, 2.75) is 26.4 Å². The third kappa shape index (κ3) is 2.31. The molecule has 1 unspecified atom stereocenters. The van der Waals surface area contributed by atoms with Crippen molar-refractivity contribution >= 4 is 11.3 Å². The van der Waals surface area contributed by atoms with Crippen LogP contribution in [0.1, 0.15) is 34.0 Å². The molecular weight excluding hydrogens is 218 g/mol. The first-order chi connectivity index (χ1) is 7.70. The van der Waals surface area contributed by atoms with Crippen LogP contribution in [-0.2, 0) is 6.42 Å². The molecule has 0 aliphatic carbocycles. The fraction of sp³-hybridized carbons (Fsp3) is 0.308. The molecule has 2 rings (SSSR count). The van der Waals surface area contributed by atoms with Gasteiger partial charge < -0.3 is 5.11 Å². The van der Waals surface area contributed by atoms with Gasteiger partial charge in [0.25, 0.3) is 0 Å². The van der Waals surface area contributed by atoms with E-state index >= 15 is 0 Å². The van der Waals surface area contributed by atoms with Crippen LogP contribution in [-0.4, -0.2) is 10.1 Å². The molecule has 3 heteroatoms. The highest BCUT2D eigenvalue weighted by molar-refractivity contribution is 7.12. The molecule has 2 nitrogen and oxygen atoms in total. The third-order valence-electron chi connectivity index (χ3n) is 2.55. The minimum Gasteiger partial charge on any atom is -0.383 e. The monoisotopic (exact) mass is 233 g/mol. The van der Waals surface area contributed by atoms with Gasteiger partial charge in [-0.1, -0.05) is 13.0 Å². The molecule has 0 fully saturated rings. The largest absolute Gasteiger partial charge is 0.383 e. The Balaban J connectivity index is 2.24. The van der Waals surface area contributed by atoms with Gasteiger partial charge in [-0.2, -0.15) is 0 Å². The molecule has 0 bridgehead atoms. The highest BCUT2D eigenvalue weighted by Gasteiger charge is 2.12. The van der Waals surface area contributed by atoms with Crippen molar-refractivity contribution < 1.29 is 5.11 Å². The molecule has 0 aliphatic rings. The van der Waals surface area contributed by atoms with Crippen molar-refractivity contribution in [2.24, 2.45) is 0 Å². The summed E-state index contributed by atoms with van der Waals surface area (Å²) in [6.07, 6.45) is 2.22. The average Bonchev–Trinajstić information content (AvgIpc) is 2.77. The van der Waals surface area contributed by atoms with E-state index in [4.69, 9.17) is 0 Å². The predicted molar refractivity (Wildman–Crippen MR) is 66.7 cm³/mol. The van der Waals surface area contributed by atoms with Crippen molar-refractivity contribution in [2.75, 3.05) is 0 Å². The summed E-state index contributed by atoms with van der Waals surface area (Å²) in [6.45, 7) is 4.06. The molecule has 2 aromatic heterocycles. The Kier molecular flexibility index (Phi) is 3.36. The van der Waals surface area contributed by atoms with Gasteiger partial charge in [-0.15, -0.1) is 11.3 Å². The highest BCUT2D eigenvalue weighted by atomic mass is 32.1. The smallest absolute Gasteiger partial charge is 0.115 e. The van der Waals surface area contributed by atoms with Gasteiger partial charge in [-0.3, -0.25) is 4.98 Å². The second-order valence-corrected chi connectivity index (χ2v) is 4.99. The number of thiophene rings is 1. The second kappa shape index (κ2) is 4.76. The number of aliphatic hydroxyl groups excluding tert-OH is 1. The SMILES string of the molecule is CCc1ccc(C(O)c2ccc(C)nc2)s1. The summed E-state index contributed by atoms with van der Waals surface area (Å²) >= 11 is 1.66. The van der Waals surface area contributed by atoms with E-state index in [0.717, 1.165) is 22.6 Å². The first-order valence-corrected chi connectivity index (χ1v) is 6.21. The lowest BCUT2D eigenvalue weighted by molar-refractivity contribution is 0.223. The zero-order valence-electron chi connectivity index (χ0n) is 9.47. The maximum Gasteiger partial charge on any atom is 0.115 e. The molecule has 0 radical (unpaired) electrons. The van der Waals surface area contributed by atoms with Gasteiger partial charge in [0.15, 0.2) is 0 Å². The van der Waals surface area contributed by atoms with E-state index in [9.17, 15) is 5.11 Å². The molecule has 1 N–H and O–H groups in total. The average molecular weight is 233 g/mol. The van der Waals surface area contributed by atoms with Crippen LogP contribution in [0, 0.1) is 6.92 Å². The van der Waals surface area contributed by atoms with E-state index in [1.807, 2.05) is 25.1 Å². The van der Waals surface area contributed by atoms with Gasteiger partial charge in [0.2, 0.25) is 0 Å². The van der Waals surface area contributed by atoms with Crippen molar-refractivity contribution in [3.8, 4) is 0 Å². The first-order valence-electron chi connectivity index (χ1n) is 5.40. The maximum atomic E-state index is 10.2. The van der Waals surface area contributed by atoms with E-state index in [2.05, 4.69) is 18.0 Å². The maximum absolute atomic E-state index is 10.2. The lowest BCUT2D eigenvalue weighted by atomic mass is 10.1. The summed E-state index contributed by atoms with van der Waals surface area (Å²) < 4.78 is 0. The van der Waals surface area contributed by atoms with E-state index in [0.29, 0.717) is 0 Å². The Morgan fingerprint density at radius 1 is 1.31 bits per heavy atom. The molecule has 16 heavy (non-hydrogen) atoms. The minimum atomic E-state index is -0.543. The number of rotatable bonds is 3. The Hall–Kier alpha value is -1.19. The summed E-state index contributed by atoms with van der Waals surface area (Å²) in [6, 6.07) is 7.92. The van der Waals surface area contributed by atoms with Crippen LogP contribution in [0.5, 0.6) is 0 Å². The van der Waals surface area contributed by atoms with E-state index in [-0.39, 0.29) is 0 Å². The molecular formula is C13H15NOS. The molecule has 0 saturated carbocycles. The summed E-state index contributed by atoms with van der Waals surface area (Å²) in [5, 5.41) is 10.2. The lowest BCUT2D eigenvalue weighted by Gasteiger charge is -2.08. The van der Waals surface area contributed by atoms with Crippen molar-refractivity contribution in [3.05, 3.63) is 51.5 Å². The Bertz CT molecular complexity index is 461. The fourth-order valence-electron chi connectivity index (χ4n) is 1.54. The molecule has 2 heterocycles. The number of aromatic nitrogens is 1. The van der Waals surface area contributed by atoms with E-state index in [1.54, 1.807) is 17.5 Å². The minimum absolute atomic E-state index is 0.543. The molecule has 0 saturated heterocycles. The lowest BCUT2D eigenvalue weighted by Crippen LogP contribution is -1.97. The number of hydrogen-bond acceptors (Lipinski definition) is 3. The summed E-state index contributed by atoms with van der Waals surface area (Å²) in [5.41, 5.74) is 1.83. The number of pyridine rings is 1. The van der Waals surface area contributed by atoms with Crippen LogP contribution in [0.3, 0.4) is 0 Å². The van der Waals surface area contributed by atoms with E-state index in [1.165, 1.54) is 4.88 Å². The molecule has 0 aliphatic heterocycles. The van der Waals surface area contributed by atoms with Crippen LogP contribution in [0.25, 0.3) is 0 Å². The number of aliphatic hydroxyl groups is 1. The normalized spacial score (nSPS) is 12.7. The molecule has 0 aromatic carbocycles. The quantitative estimate of drug-likeness (QED) is 0.883. The Morgan fingerprint density at radius 2 is 2.12 bits per heavy atom. The van der Waals surface area contributed by atoms with Crippen LogP contribution < -0.4 is 0 Å². The molecule has 2 aromatic rings. The Labute approximate surface area is 99.6 Å². The second-order valence-electron chi connectivity index (χ2n) is 3.79. The standard InChI is InChI=1S/C13H15NOS/c1-3-11-6-7-12(16-11)13(15)10-5-4-9(2)14-8-10/h4-8,13,15H,3H2,1-2H3.